The van der Waals surface area contributed by atoms with Gasteiger partial charge in [0.25, 0.3) is 0 Å². The van der Waals surface area contributed by atoms with Crippen LogP contribution >= 0.6 is 0 Å². The maximum atomic E-state index is 14.2. The molecule has 0 bridgehead atoms. The lowest BCUT2D eigenvalue weighted by atomic mass is 10.1. The molecule has 132 valence electrons. The van der Waals surface area contributed by atoms with Crippen LogP contribution in [0, 0.1) is 5.82 Å². The molecule has 3 rings (SSSR count). The summed E-state index contributed by atoms with van der Waals surface area (Å²) in [7, 11) is -3.23. The van der Waals surface area contributed by atoms with Crippen molar-refractivity contribution in [3.8, 4) is 5.75 Å². The summed E-state index contributed by atoms with van der Waals surface area (Å²) in [4.78, 5) is 4.58. The molecular formula is C18H19FN2O3S. The molecule has 7 heteroatoms. The topological polar surface area (TPSA) is 67.8 Å². The van der Waals surface area contributed by atoms with Gasteiger partial charge in [0, 0.05) is 24.9 Å². The highest BCUT2D eigenvalue weighted by Crippen LogP contribution is 2.21. The molecule has 0 unspecified atom stereocenters. The van der Waals surface area contributed by atoms with Gasteiger partial charge in [-0.3, -0.25) is 4.99 Å². The summed E-state index contributed by atoms with van der Waals surface area (Å²) < 4.78 is 42.6. The molecule has 2 aromatic rings. The molecule has 0 radical (unpaired) electrons. The SMILES string of the molecule is CS(=O)(=O)c1ccc(COc2ccc(C3=NCCCN3)cc2F)cc1. The van der Waals surface area contributed by atoms with E-state index in [4.69, 9.17) is 4.74 Å². The summed E-state index contributed by atoms with van der Waals surface area (Å²) in [5, 5.41) is 3.15. The number of nitrogens with one attached hydrogen (secondary N) is 1. The first-order valence-electron chi connectivity index (χ1n) is 7.93. The molecule has 0 atom stereocenters. The summed E-state index contributed by atoms with van der Waals surface area (Å²) in [6.45, 7) is 1.73. The van der Waals surface area contributed by atoms with Crippen LogP contribution in [0.1, 0.15) is 17.5 Å². The van der Waals surface area contributed by atoms with Crippen molar-refractivity contribution in [3.63, 3.8) is 0 Å². The van der Waals surface area contributed by atoms with Gasteiger partial charge in [0.1, 0.15) is 12.4 Å². The number of halogens is 1. The number of aliphatic imine (C=N–C) groups is 1. The third-order valence-corrected chi connectivity index (χ3v) is 4.98. The first kappa shape index (κ1) is 17.4. The van der Waals surface area contributed by atoms with Gasteiger partial charge in [-0.2, -0.15) is 0 Å². The Morgan fingerprint density at radius 3 is 2.56 bits per heavy atom. The average molecular weight is 362 g/mol. The number of benzene rings is 2. The second kappa shape index (κ2) is 7.23. The molecule has 0 spiro atoms. The Labute approximate surface area is 146 Å². The standard InChI is InChI=1S/C18H19FN2O3S/c1-25(22,23)15-6-3-13(4-7-15)12-24-17-8-5-14(11-16(17)19)18-20-9-2-10-21-18/h3-8,11H,2,9-10,12H2,1H3,(H,20,21). The second-order valence-electron chi connectivity index (χ2n) is 5.86. The minimum absolute atomic E-state index is 0.146. The first-order chi connectivity index (χ1) is 11.9. The molecule has 2 aromatic carbocycles. The van der Waals surface area contributed by atoms with Crippen molar-refractivity contribution in [3.05, 3.63) is 59.4 Å². The third-order valence-electron chi connectivity index (χ3n) is 3.85. The predicted molar refractivity (Wildman–Crippen MR) is 94.3 cm³/mol. The maximum absolute atomic E-state index is 14.2. The molecule has 0 saturated carbocycles. The molecule has 1 heterocycles. The molecule has 0 amide bonds. The van der Waals surface area contributed by atoms with E-state index in [1.54, 1.807) is 24.3 Å². The fourth-order valence-electron chi connectivity index (χ4n) is 2.49. The fourth-order valence-corrected chi connectivity index (χ4v) is 3.12. The highest BCUT2D eigenvalue weighted by molar-refractivity contribution is 7.90. The lowest BCUT2D eigenvalue weighted by Crippen LogP contribution is -2.30. The Hall–Kier alpha value is -2.41. The predicted octanol–water partition coefficient (Wildman–Crippen LogP) is 2.55. The summed E-state index contributed by atoms with van der Waals surface area (Å²) in [6, 6.07) is 11.1. The van der Waals surface area contributed by atoms with Crippen LogP contribution in [-0.2, 0) is 16.4 Å². The third kappa shape index (κ3) is 4.36. The summed E-state index contributed by atoms with van der Waals surface area (Å²) in [5.74, 6) is 0.390. The summed E-state index contributed by atoms with van der Waals surface area (Å²) in [6.07, 6.45) is 2.13. The lowest BCUT2D eigenvalue weighted by molar-refractivity contribution is 0.290. The van der Waals surface area contributed by atoms with E-state index >= 15 is 0 Å². The largest absolute Gasteiger partial charge is 0.486 e. The van der Waals surface area contributed by atoms with Crippen LogP contribution in [0.4, 0.5) is 4.39 Å². The number of ether oxygens (including phenoxy) is 1. The van der Waals surface area contributed by atoms with Crippen LogP contribution in [0.2, 0.25) is 0 Å². The zero-order chi connectivity index (χ0) is 17.9. The zero-order valence-electron chi connectivity index (χ0n) is 13.8. The monoisotopic (exact) mass is 362 g/mol. The van der Waals surface area contributed by atoms with Crippen molar-refractivity contribution in [1.29, 1.82) is 0 Å². The van der Waals surface area contributed by atoms with E-state index < -0.39 is 15.7 Å². The van der Waals surface area contributed by atoms with E-state index in [9.17, 15) is 12.8 Å². The maximum Gasteiger partial charge on any atom is 0.175 e. The van der Waals surface area contributed by atoms with Gasteiger partial charge in [-0.15, -0.1) is 0 Å². The van der Waals surface area contributed by atoms with Gasteiger partial charge < -0.3 is 10.1 Å². The van der Waals surface area contributed by atoms with E-state index in [1.165, 1.54) is 18.2 Å². The fraction of sp³-hybridized carbons (Fsp3) is 0.278. The molecule has 0 aliphatic carbocycles. The average Bonchev–Trinajstić information content (AvgIpc) is 2.61. The van der Waals surface area contributed by atoms with E-state index in [0.717, 1.165) is 31.3 Å². The molecule has 0 saturated heterocycles. The van der Waals surface area contributed by atoms with Crippen molar-refractivity contribution in [2.75, 3.05) is 19.3 Å². The van der Waals surface area contributed by atoms with E-state index in [2.05, 4.69) is 10.3 Å². The molecular weight excluding hydrogens is 343 g/mol. The van der Waals surface area contributed by atoms with E-state index in [0.29, 0.717) is 11.4 Å². The molecule has 0 fully saturated rings. The van der Waals surface area contributed by atoms with Gasteiger partial charge in [-0.1, -0.05) is 12.1 Å². The number of hydrogen-bond acceptors (Lipinski definition) is 5. The number of hydrogen-bond donors (Lipinski definition) is 1. The van der Waals surface area contributed by atoms with Crippen LogP contribution in [0.25, 0.3) is 0 Å². The van der Waals surface area contributed by atoms with Crippen LogP contribution in [-0.4, -0.2) is 33.6 Å². The van der Waals surface area contributed by atoms with Gasteiger partial charge in [0.2, 0.25) is 0 Å². The van der Waals surface area contributed by atoms with E-state index in [1.807, 2.05) is 0 Å². The van der Waals surface area contributed by atoms with Crippen molar-refractivity contribution in [2.24, 2.45) is 4.99 Å². The second-order valence-corrected chi connectivity index (χ2v) is 7.88. The molecule has 1 N–H and O–H groups in total. The zero-order valence-corrected chi connectivity index (χ0v) is 14.6. The molecule has 25 heavy (non-hydrogen) atoms. The molecule has 1 aliphatic rings. The summed E-state index contributed by atoms with van der Waals surface area (Å²) in [5.41, 5.74) is 1.45. The molecule has 1 aliphatic heterocycles. The smallest absolute Gasteiger partial charge is 0.175 e. The van der Waals surface area contributed by atoms with Gasteiger partial charge in [-0.25, -0.2) is 12.8 Å². The van der Waals surface area contributed by atoms with Crippen molar-refractivity contribution in [2.45, 2.75) is 17.9 Å². The Morgan fingerprint density at radius 1 is 1.20 bits per heavy atom. The Kier molecular flexibility index (Phi) is 5.03. The van der Waals surface area contributed by atoms with Gasteiger partial charge in [0.05, 0.1) is 4.90 Å². The molecule has 0 aromatic heterocycles. The van der Waals surface area contributed by atoms with Crippen LogP contribution in [0.5, 0.6) is 5.75 Å². The number of rotatable bonds is 5. The van der Waals surface area contributed by atoms with E-state index in [-0.39, 0.29) is 17.3 Å². The quantitative estimate of drug-likeness (QED) is 0.888. The van der Waals surface area contributed by atoms with Crippen LogP contribution in [0.3, 0.4) is 0 Å². The first-order valence-corrected chi connectivity index (χ1v) is 9.83. The lowest BCUT2D eigenvalue weighted by Gasteiger charge is -2.15. The van der Waals surface area contributed by atoms with Gasteiger partial charge in [0.15, 0.2) is 21.4 Å². The Bertz CT molecular complexity index is 893. The van der Waals surface area contributed by atoms with Crippen LogP contribution in [0.15, 0.2) is 52.4 Å². The van der Waals surface area contributed by atoms with Gasteiger partial charge in [-0.05, 0) is 42.3 Å². The Balaban J connectivity index is 1.68. The van der Waals surface area contributed by atoms with Crippen LogP contribution < -0.4 is 10.1 Å². The normalized spacial score (nSPS) is 14.6. The highest BCUT2D eigenvalue weighted by Gasteiger charge is 2.11. The summed E-state index contributed by atoms with van der Waals surface area (Å²) >= 11 is 0. The van der Waals surface area contributed by atoms with Crippen molar-refractivity contribution < 1.29 is 17.5 Å². The highest BCUT2D eigenvalue weighted by atomic mass is 32.2. The Morgan fingerprint density at radius 2 is 1.96 bits per heavy atom. The number of sulfone groups is 1. The number of amidine groups is 1. The minimum Gasteiger partial charge on any atom is -0.486 e. The van der Waals surface area contributed by atoms with Gasteiger partial charge >= 0.3 is 0 Å². The van der Waals surface area contributed by atoms with Crippen molar-refractivity contribution >= 4 is 15.7 Å². The van der Waals surface area contributed by atoms with Crippen molar-refractivity contribution in [1.82, 2.24) is 5.32 Å². The molecule has 5 nitrogen and oxygen atoms in total. The minimum atomic E-state index is -3.23. The number of nitrogens with zero attached hydrogens (tertiary/aromatic N) is 1.